The van der Waals surface area contributed by atoms with Gasteiger partial charge in [0.05, 0.1) is 11.9 Å². The Morgan fingerprint density at radius 1 is 0.972 bits per heavy atom. The lowest BCUT2D eigenvalue weighted by Crippen LogP contribution is -2.39. The summed E-state index contributed by atoms with van der Waals surface area (Å²) < 4.78 is 1.53. The number of para-hydroxylation sites is 1. The zero-order chi connectivity index (χ0) is 24.9. The van der Waals surface area contributed by atoms with Gasteiger partial charge in [-0.3, -0.25) is 9.59 Å². The van der Waals surface area contributed by atoms with Crippen molar-refractivity contribution < 1.29 is 9.59 Å². The number of nitrogens with one attached hydrogen (secondary N) is 4. The molecule has 4 aromatic rings. The van der Waals surface area contributed by atoms with Crippen molar-refractivity contribution >= 4 is 40.5 Å². The van der Waals surface area contributed by atoms with Gasteiger partial charge in [0, 0.05) is 37.0 Å². The largest absolute Gasteiger partial charge is 0.366 e. The highest BCUT2D eigenvalue weighted by Crippen LogP contribution is 2.27. The van der Waals surface area contributed by atoms with Gasteiger partial charge in [-0.2, -0.15) is 0 Å². The number of carbonyl (C=O) groups excluding carboxylic acids is 2. The average Bonchev–Trinajstić information content (AvgIpc) is 3.31. The maximum Gasteiger partial charge on any atom is 0.277 e. The zero-order valence-electron chi connectivity index (χ0n) is 19.8. The van der Waals surface area contributed by atoms with Gasteiger partial charge >= 0.3 is 0 Å². The van der Waals surface area contributed by atoms with E-state index in [0.29, 0.717) is 23.0 Å². The van der Waals surface area contributed by atoms with Crippen LogP contribution in [0.15, 0.2) is 61.2 Å². The van der Waals surface area contributed by atoms with Crippen LogP contribution in [-0.2, 0) is 4.79 Å². The molecule has 0 radical (unpaired) electrons. The average molecular weight is 486 g/mol. The van der Waals surface area contributed by atoms with Crippen molar-refractivity contribution in [3.8, 4) is 0 Å². The first-order chi connectivity index (χ1) is 17.5. The third-order valence-electron chi connectivity index (χ3n) is 6.06. The minimum atomic E-state index is -0.382. The molecule has 1 aliphatic rings. The van der Waals surface area contributed by atoms with Crippen LogP contribution in [0, 0.1) is 0 Å². The monoisotopic (exact) mass is 485 g/mol. The fourth-order valence-electron chi connectivity index (χ4n) is 4.39. The molecular formula is C25H27N9O2. The van der Waals surface area contributed by atoms with Crippen molar-refractivity contribution in [3.63, 3.8) is 0 Å². The molecule has 0 unspecified atom stereocenters. The molecule has 2 amide bonds. The topological polar surface area (TPSA) is 138 Å². The number of anilines is 4. The molecule has 5 rings (SSSR count). The Bertz CT molecular complexity index is 1350. The number of aromatic nitrogens is 5. The zero-order valence-corrected chi connectivity index (χ0v) is 19.8. The first-order valence-electron chi connectivity index (χ1n) is 11.9. The van der Waals surface area contributed by atoms with Crippen LogP contribution in [0.4, 0.5) is 23.0 Å². The number of hydrogen-bond donors (Lipinski definition) is 4. The first-order valence-corrected chi connectivity index (χ1v) is 11.9. The van der Waals surface area contributed by atoms with Gasteiger partial charge in [-0.1, -0.05) is 18.2 Å². The molecule has 1 aromatic carbocycles. The Hall–Kier alpha value is -4.54. The number of carbonyl (C=O) groups is 2. The number of benzene rings is 1. The minimum Gasteiger partial charge on any atom is -0.366 e. The number of rotatable bonds is 7. The second-order valence-corrected chi connectivity index (χ2v) is 8.76. The Morgan fingerprint density at radius 3 is 2.47 bits per heavy atom. The van der Waals surface area contributed by atoms with Gasteiger partial charge in [0.15, 0.2) is 11.3 Å². The number of amides is 2. The summed E-state index contributed by atoms with van der Waals surface area (Å²) in [4.78, 5) is 36.8. The van der Waals surface area contributed by atoms with E-state index in [9.17, 15) is 9.59 Å². The highest BCUT2D eigenvalue weighted by Gasteiger charge is 2.23. The van der Waals surface area contributed by atoms with E-state index in [4.69, 9.17) is 5.10 Å². The summed E-state index contributed by atoms with van der Waals surface area (Å²) >= 11 is 0. The van der Waals surface area contributed by atoms with E-state index in [1.54, 1.807) is 19.2 Å². The molecule has 184 valence electrons. The van der Waals surface area contributed by atoms with E-state index in [2.05, 4.69) is 36.2 Å². The summed E-state index contributed by atoms with van der Waals surface area (Å²) in [7, 11) is 0. The maximum absolute atomic E-state index is 13.0. The third-order valence-corrected chi connectivity index (χ3v) is 6.06. The summed E-state index contributed by atoms with van der Waals surface area (Å²) in [5.41, 5.74) is 2.40. The van der Waals surface area contributed by atoms with Gasteiger partial charge in [0.25, 0.3) is 5.91 Å². The number of fused-ring (bicyclic) bond motifs is 1. The highest BCUT2D eigenvalue weighted by atomic mass is 16.2. The quantitative estimate of drug-likeness (QED) is 0.313. The van der Waals surface area contributed by atoms with Crippen molar-refractivity contribution in [3.05, 3.63) is 66.9 Å². The lowest BCUT2D eigenvalue weighted by atomic mass is 9.91. The lowest BCUT2D eigenvalue weighted by Gasteiger charge is -2.29. The molecule has 1 fully saturated rings. The third kappa shape index (κ3) is 5.40. The van der Waals surface area contributed by atoms with Gasteiger partial charge in [-0.25, -0.2) is 19.5 Å². The van der Waals surface area contributed by atoms with Crippen molar-refractivity contribution in [2.45, 2.75) is 44.7 Å². The summed E-state index contributed by atoms with van der Waals surface area (Å²) in [5.74, 6) is 0.631. The van der Waals surface area contributed by atoms with E-state index in [0.717, 1.165) is 31.4 Å². The van der Waals surface area contributed by atoms with Crippen molar-refractivity contribution in [1.82, 2.24) is 29.9 Å². The Balaban J connectivity index is 1.43. The van der Waals surface area contributed by atoms with Crippen LogP contribution in [0.5, 0.6) is 0 Å². The van der Waals surface area contributed by atoms with Crippen LogP contribution < -0.4 is 21.3 Å². The molecule has 1 aliphatic carbocycles. The fourth-order valence-corrected chi connectivity index (χ4v) is 4.39. The van der Waals surface area contributed by atoms with Crippen LogP contribution in [0.1, 0.15) is 43.1 Å². The van der Waals surface area contributed by atoms with Gasteiger partial charge in [-0.05, 0) is 43.9 Å². The van der Waals surface area contributed by atoms with Crippen LogP contribution in [0.3, 0.4) is 0 Å². The van der Waals surface area contributed by atoms with Crippen molar-refractivity contribution in [2.24, 2.45) is 0 Å². The molecule has 0 aliphatic heterocycles. The van der Waals surface area contributed by atoms with Crippen LogP contribution >= 0.6 is 0 Å². The van der Waals surface area contributed by atoms with E-state index < -0.39 is 0 Å². The molecule has 11 nitrogen and oxygen atoms in total. The second kappa shape index (κ2) is 10.4. The van der Waals surface area contributed by atoms with Gasteiger partial charge in [-0.15, -0.1) is 5.10 Å². The predicted octanol–water partition coefficient (Wildman–Crippen LogP) is 3.37. The number of nitrogens with zero attached hydrogens (tertiary/aromatic N) is 5. The number of imidazole rings is 1. The summed E-state index contributed by atoms with van der Waals surface area (Å²) in [6, 6.07) is 13.7. The summed E-state index contributed by atoms with van der Waals surface area (Å²) in [5, 5.41) is 17.4. The second-order valence-electron chi connectivity index (χ2n) is 8.76. The standard InChI is InChI=1S/C25H27N9O2/c1-16(35)29-18-7-9-19(10-8-18)31-23-13-20(30-17-5-3-2-4-6-17)24-27-14-21(34(24)33-23)25(36)32-22-11-12-26-15-28-22/h2-6,11-15,18-19,30H,7-10H2,1H3,(H,29,35)(H,31,33)(H,26,28,32,36). The van der Waals surface area contributed by atoms with Gasteiger partial charge < -0.3 is 21.3 Å². The molecular weight excluding hydrogens is 458 g/mol. The Kier molecular flexibility index (Phi) is 6.69. The van der Waals surface area contributed by atoms with Crippen LogP contribution in [-0.4, -0.2) is 48.5 Å². The fraction of sp³-hybridized carbons (Fsp3) is 0.280. The highest BCUT2D eigenvalue weighted by molar-refractivity contribution is 6.03. The molecule has 4 N–H and O–H groups in total. The molecule has 0 bridgehead atoms. The predicted molar refractivity (Wildman–Crippen MR) is 136 cm³/mol. The SMILES string of the molecule is CC(=O)NC1CCC(Nc2cc(Nc3ccccc3)c3ncc(C(=O)Nc4ccncn4)n3n2)CC1. The van der Waals surface area contributed by atoms with Crippen molar-refractivity contribution in [1.29, 1.82) is 0 Å². The first kappa shape index (κ1) is 23.2. The maximum atomic E-state index is 13.0. The summed E-state index contributed by atoms with van der Waals surface area (Å²) in [6.45, 7) is 1.55. The Morgan fingerprint density at radius 2 is 1.75 bits per heavy atom. The molecule has 3 aromatic heterocycles. The lowest BCUT2D eigenvalue weighted by molar-refractivity contribution is -0.119. The van der Waals surface area contributed by atoms with Crippen molar-refractivity contribution in [2.75, 3.05) is 16.0 Å². The van der Waals surface area contributed by atoms with Gasteiger partial charge in [0.2, 0.25) is 5.91 Å². The van der Waals surface area contributed by atoms with E-state index in [1.807, 2.05) is 36.4 Å². The minimum absolute atomic E-state index is 0.00281. The molecule has 1 saturated carbocycles. The molecule has 0 spiro atoms. The van der Waals surface area contributed by atoms with E-state index in [-0.39, 0.29) is 29.6 Å². The van der Waals surface area contributed by atoms with Crippen LogP contribution in [0.2, 0.25) is 0 Å². The number of hydrogen-bond acceptors (Lipinski definition) is 8. The molecule has 0 saturated heterocycles. The van der Waals surface area contributed by atoms with Crippen LogP contribution in [0.25, 0.3) is 5.65 Å². The molecule has 0 atom stereocenters. The molecule has 36 heavy (non-hydrogen) atoms. The smallest absolute Gasteiger partial charge is 0.277 e. The van der Waals surface area contributed by atoms with E-state index in [1.165, 1.54) is 17.0 Å². The molecule has 11 heteroatoms. The molecule has 3 heterocycles. The Labute approximate surface area is 207 Å². The van der Waals surface area contributed by atoms with Gasteiger partial charge in [0.1, 0.15) is 18.0 Å². The summed E-state index contributed by atoms with van der Waals surface area (Å²) in [6.07, 6.45) is 8.01. The van der Waals surface area contributed by atoms with E-state index >= 15 is 0 Å². The normalized spacial score (nSPS) is 17.4.